The Morgan fingerprint density at radius 3 is 2.75 bits per heavy atom. The van der Waals surface area contributed by atoms with Crippen LogP contribution in [0.5, 0.6) is 0 Å². The summed E-state index contributed by atoms with van der Waals surface area (Å²) in [6.45, 7) is 1.99. The number of nitrogens with zero attached hydrogens (tertiary/aromatic N) is 3. The second-order valence-electron chi connectivity index (χ2n) is 4.64. The zero-order valence-corrected chi connectivity index (χ0v) is 9.93. The van der Waals surface area contributed by atoms with Crippen LogP contribution in [0.2, 0.25) is 0 Å². The molecule has 2 atom stereocenters. The van der Waals surface area contributed by atoms with E-state index in [1.54, 1.807) is 4.90 Å². The Bertz CT molecular complexity index is 386. The highest BCUT2D eigenvalue weighted by atomic mass is 16.5. The van der Waals surface area contributed by atoms with Crippen LogP contribution in [0.1, 0.15) is 25.7 Å². The molecule has 0 spiro atoms. The zero-order valence-electron chi connectivity index (χ0n) is 9.93. The van der Waals surface area contributed by atoms with E-state index in [0.29, 0.717) is 36.4 Å². The number of Topliss-reactive ketones (excluding diaryl/α,β-unsaturated/α-hetero) is 1. The van der Waals surface area contributed by atoms with Crippen LogP contribution >= 0.6 is 0 Å². The van der Waals surface area contributed by atoms with Gasteiger partial charge in [-0.05, 0) is 17.5 Å². The smallest absolute Gasteiger partial charge is 0.265 e. The molecule has 2 unspecified atom stereocenters. The van der Waals surface area contributed by atoms with Gasteiger partial charge in [0, 0.05) is 32.9 Å². The van der Waals surface area contributed by atoms with Gasteiger partial charge in [0.25, 0.3) is 5.95 Å². The Labute approximate surface area is 94.8 Å². The fourth-order valence-electron chi connectivity index (χ4n) is 2.08. The van der Waals surface area contributed by atoms with Crippen LogP contribution in [0, 0.1) is 11.8 Å². The van der Waals surface area contributed by atoms with Gasteiger partial charge in [-0.3, -0.25) is 4.79 Å². The van der Waals surface area contributed by atoms with E-state index in [-0.39, 0.29) is 5.92 Å². The number of anilines is 1. The Morgan fingerprint density at radius 2 is 2.25 bits per heavy atom. The molecule has 1 aromatic rings. The Kier molecular flexibility index (Phi) is 2.94. The molecule has 2 rings (SSSR count). The lowest BCUT2D eigenvalue weighted by Crippen LogP contribution is -2.13. The molecule has 5 nitrogen and oxygen atoms in total. The molecule has 1 fully saturated rings. The molecule has 88 valence electrons. The summed E-state index contributed by atoms with van der Waals surface area (Å²) in [4.78, 5) is 17.5. The van der Waals surface area contributed by atoms with Crippen molar-refractivity contribution < 1.29 is 9.32 Å². The summed E-state index contributed by atoms with van der Waals surface area (Å²) in [6.07, 6.45) is 2.36. The van der Waals surface area contributed by atoms with Gasteiger partial charge < -0.3 is 9.42 Å². The van der Waals surface area contributed by atoms with Crippen molar-refractivity contribution in [2.24, 2.45) is 11.8 Å². The van der Waals surface area contributed by atoms with Crippen LogP contribution in [0.4, 0.5) is 5.95 Å². The van der Waals surface area contributed by atoms with E-state index in [2.05, 4.69) is 10.1 Å². The minimum Gasteiger partial charge on any atom is -0.344 e. The summed E-state index contributed by atoms with van der Waals surface area (Å²) < 4.78 is 5.16. The quantitative estimate of drug-likeness (QED) is 0.772. The first-order chi connectivity index (χ1) is 7.58. The molecule has 1 heterocycles. The maximum atomic E-state index is 11.4. The average molecular weight is 223 g/mol. The number of hydrogen-bond acceptors (Lipinski definition) is 5. The lowest BCUT2D eigenvalue weighted by molar-refractivity contribution is -0.120. The van der Waals surface area contributed by atoms with Gasteiger partial charge >= 0.3 is 0 Å². The Morgan fingerprint density at radius 1 is 1.50 bits per heavy atom. The van der Waals surface area contributed by atoms with E-state index in [9.17, 15) is 4.79 Å². The van der Waals surface area contributed by atoms with E-state index >= 15 is 0 Å². The molecule has 16 heavy (non-hydrogen) atoms. The van der Waals surface area contributed by atoms with Crippen molar-refractivity contribution in [2.45, 2.75) is 26.2 Å². The van der Waals surface area contributed by atoms with Gasteiger partial charge in [0.05, 0.1) is 0 Å². The van der Waals surface area contributed by atoms with Crippen molar-refractivity contribution in [3.63, 3.8) is 0 Å². The van der Waals surface area contributed by atoms with Crippen LogP contribution in [0.25, 0.3) is 0 Å². The van der Waals surface area contributed by atoms with Crippen molar-refractivity contribution in [2.75, 3.05) is 19.0 Å². The molecule has 0 bridgehead atoms. The van der Waals surface area contributed by atoms with Gasteiger partial charge in [-0.1, -0.05) is 6.92 Å². The number of carbonyl (C=O) groups excluding carboxylic acids is 1. The first-order valence-corrected chi connectivity index (χ1v) is 5.60. The fourth-order valence-corrected chi connectivity index (χ4v) is 2.08. The van der Waals surface area contributed by atoms with Crippen molar-refractivity contribution in [1.82, 2.24) is 10.1 Å². The van der Waals surface area contributed by atoms with Crippen LogP contribution in [0.15, 0.2) is 4.52 Å². The van der Waals surface area contributed by atoms with Crippen molar-refractivity contribution >= 4 is 11.7 Å². The van der Waals surface area contributed by atoms with E-state index in [4.69, 9.17) is 4.52 Å². The summed E-state index contributed by atoms with van der Waals surface area (Å²) in [5, 5.41) is 3.86. The van der Waals surface area contributed by atoms with E-state index in [1.165, 1.54) is 0 Å². The molecule has 5 heteroatoms. The maximum Gasteiger partial charge on any atom is 0.265 e. The SMILES string of the molecule is CC1C(=O)CCC1Cc1nc(N(C)C)no1. The normalized spacial score (nSPS) is 25.1. The minimum absolute atomic E-state index is 0.134. The molecule has 0 saturated heterocycles. The number of hydrogen-bond donors (Lipinski definition) is 0. The van der Waals surface area contributed by atoms with Gasteiger partial charge in [0.2, 0.25) is 5.89 Å². The van der Waals surface area contributed by atoms with E-state index < -0.39 is 0 Å². The Hall–Kier alpha value is -1.39. The van der Waals surface area contributed by atoms with Crippen molar-refractivity contribution in [3.05, 3.63) is 5.89 Å². The summed E-state index contributed by atoms with van der Waals surface area (Å²) in [6, 6.07) is 0. The third-order valence-corrected chi connectivity index (χ3v) is 3.27. The van der Waals surface area contributed by atoms with Gasteiger partial charge in [0.1, 0.15) is 5.78 Å². The van der Waals surface area contributed by atoms with Gasteiger partial charge in [-0.2, -0.15) is 4.98 Å². The molecule has 1 aliphatic rings. The standard InChI is InChI=1S/C11H17N3O2/c1-7-8(4-5-9(7)15)6-10-12-11(13-16-10)14(2)3/h7-8H,4-6H2,1-3H3. The van der Waals surface area contributed by atoms with Crippen LogP contribution < -0.4 is 4.90 Å². The minimum atomic E-state index is 0.134. The van der Waals surface area contributed by atoms with Crippen molar-refractivity contribution in [3.8, 4) is 0 Å². The predicted molar refractivity (Wildman–Crippen MR) is 59.2 cm³/mol. The summed E-state index contributed by atoms with van der Waals surface area (Å²) in [7, 11) is 3.74. The third kappa shape index (κ3) is 2.08. The molecule has 1 aromatic heterocycles. The van der Waals surface area contributed by atoms with Crippen LogP contribution in [-0.2, 0) is 11.2 Å². The molecular formula is C11H17N3O2. The highest BCUT2D eigenvalue weighted by Crippen LogP contribution is 2.30. The van der Waals surface area contributed by atoms with Gasteiger partial charge in [0.15, 0.2) is 0 Å². The number of aromatic nitrogens is 2. The monoisotopic (exact) mass is 223 g/mol. The molecule has 1 saturated carbocycles. The predicted octanol–water partition coefficient (Wildman–Crippen LogP) is 1.29. The molecule has 0 N–H and O–H groups in total. The molecule has 0 aromatic carbocycles. The van der Waals surface area contributed by atoms with Crippen LogP contribution in [-0.4, -0.2) is 30.0 Å². The first kappa shape index (κ1) is 11.1. The molecule has 0 amide bonds. The molecule has 0 aliphatic heterocycles. The van der Waals surface area contributed by atoms with Crippen molar-refractivity contribution in [1.29, 1.82) is 0 Å². The summed E-state index contributed by atoms with van der Waals surface area (Å²) in [5.41, 5.74) is 0. The van der Waals surface area contributed by atoms with E-state index in [1.807, 2.05) is 21.0 Å². The number of ketones is 1. The topological polar surface area (TPSA) is 59.2 Å². The van der Waals surface area contributed by atoms with E-state index in [0.717, 1.165) is 6.42 Å². The Balaban J connectivity index is 2.01. The number of rotatable bonds is 3. The first-order valence-electron chi connectivity index (χ1n) is 5.60. The third-order valence-electron chi connectivity index (χ3n) is 3.27. The summed E-state index contributed by atoms with van der Waals surface area (Å²) in [5.74, 6) is 2.08. The van der Waals surface area contributed by atoms with Crippen LogP contribution in [0.3, 0.4) is 0 Å². The zero-order chi connectivity index (χ0) is 11.7. The lowest BCUT2D eigenvalue weighted by atomic mass is 9.94. The largest absolute Gasteiger partial charge is 0.344 e. The molecule has 1 aliphatic carbocycles. The number of carbonyl (C=O) groups is 1. The average Bonchev–Trinajstić information content (AvgIpc) is 2.81. The highest BCUT2D eigenvalue weighted by molar-refractivity contribution is 5.83. The molecular weight excluding hydrogens is 206 g/mol. The molecule has 0 radical (unpaired) electrons. The maximum absolute atomic E-state index is 11.4. The highest BCUT2D eigenvalue weighted by Gasteiger charge is 2.32. The lowest BCUT2D eigenvalue weighted by Gasteiger charge is -2.10. The second-order valence-corrected chi connectivity index (χ2v) is 4.64. The fraction of sp³-hybridized carbons (Fsp3) is 0.727. The van der Waals surface area contributed by atoms with Gasteiger partial charge in [-0.15, -0.1) is 0 Å². The van der Waals surface area contributed by atoms with Gasteiger partial charge in [-0.25, -0.2) is 0 Å². The second kappa shape index (κ2) is 4.23. The summed E-state index contributed by atoms with van der Waals surface area (Å²) >= 11 is 0.